The molecule has 1 aliphatic carbocycles. The van der Waals surface area contributed by atoms with Crippen LogP contribution >= 0.6 is 0 Å². The number of anilines is 1. The van der Waals surface area contributed by atoms with Crippen LogP contribution in [0.3, 0.4) is 0 Å². The summed E-state index contributed by atoms with van der Waals surface area (Å²) in [5.41, 5.74) is 5.78. The molecule has 100 valence electrons. The Morgan fingerprint density at radius 2 is 2.28 bits per heavy atom. The van der Waals surface area contributed by atoms with Crippen LogP contribution in [0.5, 0.6) is 5.88 Å². The zero-order valence-electron chi connectivity index (χ0n) is 10.9. The van der Waals surface area contributed by atoms with Crippen LogP contribution in [0, 0.1) is 11.8 Å². The average Bonchev–Trinajstić information content (AvgIpc) is 2.84. The van der Waals surface area contributed by atoms with Crippen molar-refractivity contribution in [2.45, 2.75) is 26.2 Å². The molecule has 0 spiro atoms. The van der Waals surface area contributed by atoms with Crippen molar-refractivity contribution in [3.8, 4) is 5.88 Å². The number of aromatic nitrogens is 2. The normalized spacial score (nSPS) is 23.0. The van der Waals surface area contributed by atoms with Gasteiger partial charge in [-0.3, -0.25) is 0 Å². The summed E-state index contributed by atoms with van der Waals surface area (Å²) >= 11 is 0. The van der Waals surface area contributed by atoms with Crippen LogP contribution < -0.4 is 15.8 Å². The maximum atomic E-state index is 5.78. The number of nitrogens with zero attached hydrogens (tertiary/aromatic N) is 2. The summed E-state index contributed by atoms with van der Waals surface area (Å²) in [5, 5.41) is 3.29. The molecular weight excluding hydrogens is 228 g/mol. The summed E-state index contributed by atoms with van der Waals surface area (Å²) in [6.45, 7) is 4.25. The van der Waals surface area contributed by atoms with Gasteiger partial charge in [0.15, 0.2) is 0 Å². The Hall–Kier alpha value is -1.36. The molecule has 0 amide bonds. The molecule has 2 unspecified atom stereocenters. The van der Waals surface area contributed by atoms with Crippen molar-refractivity contribution in [2.75, 3.05) is 25.0 Å². The molecule has 1 heterocycles. The average molecular weight is 250 g/mol. The van der Waals surface area contributed by atoms with E-state index in [0.29, 0.717) is 30.3 Å². The second-order valence-corrected chi connectivity index (χ2v) is 4.72. The van der Waals surface area contributed by atoms with E-state index in [1.807, 2.05) is 6.92 Å². The van der Waals surface area contributed by atoms with Gasteiger partial charge in [0.1, 0.15) is 0 Å². The molecule has 0 aromatic carbocycles. The second-order valence-electron chi connectivity index (χ2n) is 4.72. The first-order valence-electron chi connectivity index (χ1n) is 6.73. The maximum Gasteiger partial charge on any atom is 0.225 e. The Bertz CT molecular complexity index is 372. The monoisotopic (exact) mass is 250 g/mol. The highest BCUT2D eigenvalue weighted by Gasteiger charge is 2.25. The van der Waals surface area contributed by atoms with Crippen LogP contribution in [-0.2, 0) is 0 Å². The van der Waals surface area contributed by atoms with Gasteiger partial charge in [0, 0.05) is 18.8 Å². The number of rotatable bonds is 6. The topological polar surface area (TPSA) is 73.1 Å². The van der Waals surface area contributed by atoms with E-state index in [0.717, 1.165) is 13.1 Å². The molecule has 5 nitrogen and oxygen atoms in total. The van der Waals surface area contributed by atoms with E-state index in [1.54, 1.807) is 12.3 Å². The Kier molecular flexibility index (Phi) is 4.75. The van der Waals surface area contributed by atoms with Gasteiger partial charge >= 0.3 is 0 Å². The number of hydrogen-bond donors (Lipinski definition) is 2. The molecule has 5 heteroatoms. The minimum atomic E-state index is 0.619. The lowest BCUT2D eigenvalue weighted by atomic mass is 9.96. The largest absolute Gasteiger partial charge is 0.478 e. The number of nitrogens with two attached hydrogens (primary N) is 1. The van der Waals surface area contributed by atoms with Crippen molar-refractivity contribution in [1.82, 2.24) is 9.97 Å². The molecule has 0 aliphatic heterocycles. The highest BCUT2D eigenvalue weighted by molar-refractivity contribution is 5.27. The Morgan fingerprint density at radius 3 is 3.06 bits per heavy atom. The first-order chi connectivity index (χ1) is 8.83. The lowest BCUT2D eigenvalue weighted by molar-refractivity contribution is 0.326. The van der Waals surface area contributed by atoms with Gasteiger partial charge < -0.3 is 15.8 Å². The fourth-order valence-electron chi connectivity index (χ4n) is 2.57. The summed E-state index contributed by atoms with van der Waals surface area (Å²) in [4.78, 5) is 8.50. The quantitative estimate of drug-likeness (QED) is 0.803. The van der Waals surface area contributed by atoms with Gasteiger partial charge in [-0.1, -0.05) is 6.42 Å². The van der Waals surface area contributed by atoms with E-state index in [9.17, 15) is 0 Å². The fraction of sp³-hybridized carbons (Fsp3) is 0.692. The van der Waals surface area contributed by atoms with E-state index in [2.05, 4.69) is 15.3 Å². The summed E-state index contributed by atoms with van der Waals surface area (Å²) in [5.74, 6) is 2.56. The summed E-state index contributed by atoms with van der Waals surface area (Å²) < 4.78 is 5.35. The van der Waals surface area contributed by atoms with Crippen LogP contribution in [0.2, 0.25) is 0 Å². The predicted octanol–water partition coefficient (Wildman–Crippen LogP) is 1.66. The third-order valence-electron chi connectivity index (χ3n) is 3.56. The van der Waals surface area contributed by atoms with Gasteiger partial charge in [-0.15, -0.1) is 0 Å². The van der Waals surface area contributed by atoms with Crippen molar-refractivity contribution in [1.29, 1.82) is 0 Å². The molecule has 1 aromatic rings. The fourth-order valence-corrected chi connectivity index (χ4v) is 2.57. The van der Waals surface area contributed by atoms with Gasteiger partial charge in [0.25, 0.3) is 0 Å². The van der Waals surface area contributed by atoms with Crippen molar-refractivity contribution in [3.05, 3.63) is 12.3 Å². The van der Waals surface area contributed by atoms with Gasteiger partial charge in [-0.2, -0.15) is 4.98 Å². The Balaban J connectivity index is 1.87. The lowest BCUT2D eigenvalue weighted by Gasteiger charge is -2.18. The van der Waals surface area contributed by atoms with E-state index >= 15 is 0 Å². The summed E-state index contributed by atoms with van der Waals surface area (Å²) in [7, 11) is 0. The molecule has 0 radical (unpaired) electrons. The first kappa shape index (κ1) is 13.1. The molecule has 3 N–H and O–H groups in total. The highest BCUT2D eigenvalue weighted by Crippen LogP contribution is 2.30. The van der Waals surface area contributed by atoms with Gasteiger partial charge in [0.2, 0.25) is 11.8 Å². The second kappa shape index (κ2) is 6.54. The van der Waals surface area contributed by atoms with E-state index in [-0.39, 0.29) is 0 Å². The van der Waals surface area contributed by atoms with Crippen LogP contribution in [0.15, 0.2) is 12.3 Å². The molecule has 1 aromatic heterocycles. The van der Waals surface area contributed by atoms with E-state index in [1.165, 1.54) is 19.3 Å². The lowest BCUT2D eigenvalue weighted by Crippen LogP contribution is -2.24. The molecule has 2 rings (SSSR count). The number of ether oxygens (including phenoxy) is 1. The van der Waals surface area contributed by atoms with Gasteiger partial charge in [-0.05, 0) is 38.1 Å². The van der Waals surface area contributed by atoms with Gasteiger partial charge in [0.05, 0.1) is 6.61 Å². The Morgan fingerprint density at radius 1 is 1.44 bits per heavy atom. The molecule has 1 aliphatic rings. The molecule has 0 bridgehead atoms. The van der Waals surface area contributed by atoms with Crippen LogP contribution in [-0.4, -0.2) is 29.7 Å². The number of hydrogen-bond acceptors (Lipinski definition) is 5. The van der Waals surface area contributed by atoms with Crippen LogP contribution in [0.1, 0.15) is 26.2 Å². The SMILES string of the molecule is CCOc1ccnc(NCC2CCCC2CN)n1. The maximum absolute atomic E-state index is 5.78. The third kappa shape index (κ3) is 3.32. The van der Waals surface area contributed by atoms with Crippen molar-refractivity contribution in [3.63, 3.8) is 0 Å². The molecule has 18 heavy (non-hydrogen) atoms. The zero-order chi connectivity index (χ0) is 12.8. The third-order valence-corrected chi connectivity index (χ3v) is 3.56. The van der Waals surface area contributed by atoms with Crippen molar-refractivity contribution < 1.29 is 4.74 Å². The summed E-state index contributed by atoms with van der Waals surface area (Å²) in [6, 6.07) is 1.77. The zero-order valence-corrected chi connectivity index (χ0v) is 10.9. The summed E-state index contributed by atoms with van der Waals surface area (Å²) in [6.07, 6.45) is 5.51. The van der Waals surface area contributed by atoms with E-state index < -0.39 is 0 Å². The van der Waals surface area contributed by atoms with Crippen LogP contribution in [0.4, 0.5) is 5.95 Å². The first-order valence-corrected chi connectivity index (χ1v) is 6.73. The molecule has 1 fully saturated rings. The highest BCUT2D eigenvalue weighted by atomic mass is 16.5. The molecule has 2 atom stereocenters. The van der Waals surface area contributed by atoms with E-state index in [4.69, 9.17) is 10.5 Å². The minimum absolute atomic E-state index is 0.619. The smallest absolute Gasteiger partial charge is 0.225 e. The Labute approximate surface area is 108 Å². The van der Waals surface area contributed by atoms with Crippen molar-refractivity contribution in [2.24, 2.45) is 17.6 Å². The molecular formula is C13H22N4O. The molecule has 0 saturated heterocycles. The van der Waals surface area contributed by atoms with Crippen molar-refractivity contribution >= 4 is 5.95 Å². The predicted molar refractivity (Wildman–Crippen MR) is 71.6 cm³/mol. The number of nitrogens with one attached hydrogen (secondary N) is 1. The molecule has 1 saturated carbocycles. The minimum Gasteiger partial charge on any atom is -0.478 e. The van der Waals surface area contributed by atoms with Gasteiger partial charge in [-0.25, -0.2) is 4.98 Å². The van der Waals surface area contributed by atoms with Crippen LogP contribution in [0.25, 0.3) is 0 Å². The standard InChI is InChI=1S/C13H22N4O/c1-2-18-12-6-7-15-13(17-12)16-9-11-5-3-4-10(11)8-14/h6-7,10-11H,2-5,8-9,14H2,1H3,(H,15,16,17).